The van der Waals surface area contributed by atoms with E-state index >= 15 is 0 Å². The SMILES string of the molecule is Cc1c(C)c(N2C(=O)c3ccc(C(=O)O)cc3C2=O)c(N2C(=O)c3ccc(C(=O)O)cc3C2=O)c2c1Cc1ccccc1O2. The lowest BCUT2D eigenvalue weighted by atomic mass is 9.90. The number of rotatable bonds is 4. The second-order valence-electron chi connectivity index (χ2n) is 10.7. The van der Waals surface area contributed by atoms with Crippen LogP contribution in [-0.2, 0) is 6.42 Å². The third kappa shape index (κ3) is 3.56. The second kappa shape index (κ2) is 9.20. The maximum absolute atomic E-state index is 14.0. The van der Waals surface area contributed by atoms with Crippen LogP contribution in [0.2, 0.25) is 0 Å². The normalized spacial score (nSPS) is 14.7. The van der Waals surface area contributed by atoms with Crippen molar-refractivity contribution in [2.45, 2.75) is 20.3 Å². The summed E-state index contributed by atoms with van der Waals surface area (Å²) < 4.78 is 6.35. The predicted molar refractivity (Wildman–Crippen MR) is 154 cm³/mol. The van der Waals surface area contributed by atoms with Crippen molar-refractivity contribution in [3.8, 4) is 11.5 Å². The fraction of sp³-hybridized carbons (Fsp3) is 0.0909. The molecule has 0 saturated heterocycles. The number of imide groups is 2. The number of fused-ring (bicyclic) bond motifs is 4. The molecule has 0 aromatic heterocycles. The molecular formula is C33H20N2O9. The highest BCUT2D eigenvalue weighted by Gasteiger charge is 2.47. The molecule has 0 radical (unpaired) electrons. The van der Waals surface area contributed by atoms with E-state index in [1.165, 1.54) is 24.3 Å². The zero-order chi connectivity index (χ0) is 31.2. The molecule has 11 heteroatoms. The van der Waals surface area contributed by atoms with Crippen molar-refractivity contribution in [3.05, 3.63) is 116 Å². The Balaban J connectivity index is 1.50. The Hall–Kier alpha value is -6.10. The molecule has 4 amide bonds. The van der Waals surface area contributed by atoms with Gasteiger partial charge in [-0.15, -0.1) is 0 Å². The number of carbonyl (C=O) groups excluding carboxylic acids is 4. The lowest BCUT2D eigenvalue weighted by Gasteiger charge is -2.32. The number of nitrogens with zero attached hydrogens (tertiary/aromatic N) is 2. The smallest absolute Gasteiger partial charge is 0.335 e. The molecule has 0 unspecified atom stereocenters. The van der Waals surface area contributed by atoms with Gasteiger partial charge in [0.15, 0.2) is 5.75 Å². The zero-order valence-electron chi connectivity index (χ0n) is 23.1. The Morgan fingerprint density at radius 1 is 0.659 bits per heavy atom. The third-order valence-corrected chi connectivity index (χ3v) is 8.35. The summed E-state index contributed by atoms with van der Waals surface area (Å²) in [4.78, 5) is 80.6. The predicted octanol–water partition coefficient (Wildman–Crippen LogP) is 5.00. The summed E-state index contributed by atoms with van der Waals surface area (Å²) in [7, 11) is 0. The highest BCUT2D eigenvalue weighted by Crippen LogP contribution is 2.53. The number of hydrogen-bond donors (Lipinski definition) is 2. The molecule has 216 valence electrons. The van der Waals surface area contributed by atoms with Crippen LogP contribution in [0.1, 0.15) is 84.4 Å². The number of hydrogen-bond acceptors (Lipinski definition) is 7. The summed E-state index contributed by atoms with van der Waals surface area (Å²) in [6.07, 6.45) is 0.363. The minimum Gasteiger partial charge on any atom is -0.478 e. The van der Waals surface area contributed by atoms with E-state index in [9.17, 15) is 39.0 Å². The van der Waals surface area contributed by atoms with Crippen LogP contribution in [0.3, 0.4) is 0 Å². The molecule has 3 heterocycles. The average molecular weight is 589 g/mol. The molecule has 0 spiro atoms. The van der Waals surface area contributed by atoms with Gasteiger partial charge in [0, 0.05) is 12.0 Å². The molecule has 11 nitrogen and oxygen atoms in total. The van der Waals surface area contributed by atoms with Gasteiger partial charge in [0.1, 0.15) is 11.4 Å². The first-order valence-corrected chi connectivity index (χ1v) is 13.4. The largest absolute Gasteiger partial charge is 0.478 e. The molecule has 0 bridgehead atoms. The van der Waals surface area contributed by atoms with Crippen LogP contribution in [0.4, 0.5) is 11.4 Å². The van der Waals surface area contributed by atoms with Gasteiger partial charge in [-0.1, -0.05) is 18.2 Å². The number of amides is 4. The number of carboxylic acid groups (broad SMARTS) is 2. The first-order valence-electron chi connectivity index (χ1n) is 13.4. The third-order valence-electron chi connectivity index (χ3n) is 8.35. The Kier molecular flexibility index (Phi) is 5.60. The van der Waals surface area contributed by atoms with Crippen molar-refractivity contribution in [1.29, 1.82) is 0 Å². The highest BCUT2D eigenvalue weighted by molar-refractivity contribution is 6.40. The molecule has 44 heavy (non-hydrogen) atoms. The number of aromatic carboxylic acids is 2. The van der Waals surface area contributed by atoms with Crippen molar-refractivity contribution < 1.29 is 43.7 Å². The van der Waals surface area contributed by atoms with E-state index in [1.54, 1.807) is 26.0 Å². The summed E-state index contributed by atoms with van der Waals surface area (Å²) in [5.74, 6) is -5.28. The van der Waals surface area contributed by atoms with E-state index in [-0.39, 0.29) is 50.5 Å². The number of anilines is 2. The lowest BCUT2D eigenvalue weighted by molar-refractivity contribution is 0.0686. The standard InChI is InChI=1S/C33H20N2O9/c1-14-15(2)25(34-28(36)19-9-7-17(32(40)41)12-22(19)30(34)38)26(27-21(14)11-16-5-3-4-6-24(16)44-27)35-29(37)20-10-8-18(33(42)43)13-23(20)31(35)39/h3-10,12-13H,11H2,1-2H3,(H,40,41)(H,42,43). The van der Waals surface area contributed by atoms with Gasteiger partial charge in [-0.2, -0.15) is 0 Å². The van der Waals surface area contributed by atoms with Crippen molar-refractivity contribution in [2.75, 3.05) is 9.80 Å². The minimum atomic E-state index is -1.29. The lowest BCUT2D eigenvalue weighted by Crippen LogP contribution is -2.36. The summed E-state index contributed by atoms with van der Waals surface area (Å²) in [6, 6.07) is 14.3. The monoisotopic (exact) mass is 588 g/mol. The number of carboxylic acids is 2. The maximum atomic E-state index is 14.0. The molecular weight excluding hydrogens is 568 g/mol. The fourth-order valence-corrected chi connectivity index (χ4v) is 6.01. The van der Waals surface area contributed by atoms with Crippen LogP contribution < -0.4 is 14.5 Å². The first kappa shape index (κ1) is 26.8. The van der Waals surface area contributed by atoms with E-state index in [0.29, 0.717) is 28.9 Å². The van der Waals surface area contributed by atoms with Crippen molar-refractivity contribution >= 4 is 46.9 Å². The molecule has 3 aliphatic heterocycles. The van der Waals surface area contributed by atoms with Crippen LogP contribution in [-0.4, -0.2) is 45.8 Å². The molecule has 0 aliphatic carbocycles. The summed E-state index contributed by atoms with van der Waals surface area (Å²) in [5.41, 5.74) is 1.54. The molecule has 3 aliphatic rings. The number of benzene rings is 4. The molecule has 4 aromatic rings. The van der Waals surface area contributed by atoms with Gasteiger partial charge in [0.25, 0.3) is 23.6 Å². The topological polar surface area (TPSA) is 159 Å². The Bertz CT molecular complexity index is 2100. The van der Waals surface area contributed by atoms with E-state index in [2.05, 4.69) is 0 Å². The maximum Gasteiger partial charge on any atom is 0.335 e. The highest BCUT2D eigenvalue weighted by atomic mass is 16.5. The van der Waals surface area contributed by atoms with E-state index in [0.717, 1.165) is 27.5 Å². The van der Waals surface area contributed by atoms with Crippen molar-refractivity contribution in [1.82, 2.24) is 0 Å². The molecule has 0 fully saturated rings. The quantitative estimate of drug-likeness (QED) is 0.276. The van der Waals surface area contributed by atoms with Crippen LogP contribution in [0.15, 0.2) is 60.7 Å². The van der Waals surface area contributed by atoms with Gasteiger partial charge < -0.3 is 14.9 Å². The van der Waals surface area contributed by atoms with Crippen LogP contribution in [0.5, 0.6) is 11.5 Å². The first-order chi connectivity index (χ1) is 21.0. The van der Waals surface area contributed by atoms with Crippen LogP contribution in [0.25, 0.3) is 0 Å². The molecule has 0 saturated carbocycles. The Morgan fingerprint density at radius 3 is 1.70 bits per heavy atom. The Labute approximate surface area is 248 Å². The minimum absolute atomic E-state index is 0.0413. The van der Waals surface area contributed by atoms with Gasteiger partial charge in [-0.25, -0.2) is 19.4 Å². The van der Waals surface area contributed by atoms with Gasteiger partial charge in [0.2, 0.25) is 0 Å². The molecule has 7 rings (SSSR count). The number of ether oxygens (including phenoxy) is 1. The van der Waals surface area contributed by atoms with Gasteiger partial charge in [-0.3, -0.25) is 19.2 Å². The van der Waals surface area contributed by atoms with Gasteiger partial charge in [0.05, 0.1) is 39.1 Å². The number of carbonyl (C=O) groups is 6. The van der Waals surface area contributed by atoms with E-state index < -0.39 is 35.6 Å². The second-order valence-corrected chi connectivity index (χ2v) is 10.7. The van der Waals surface area contributed by atoms with E-state index in [4.69, 9.17) is 4.74 Å². The van der Waals surface area contributed by atoms with Crippen LogP contribution >= 0.6 is 0 Å². The number of para-hydroxylation sites is 1. The molecule has 4 aromatic carbocycles. The van der Waals surface area contributed by atoms with Gasteiger partial charge >= 0.3 is 11.9 Å². The molecule has 2 N–H and O–H groups in total. The molecule has 0 atom stereocenters. The fourth-order valence-electron chi connectivity index (χ4n) is 6.01. The van der Waals surface area contributed by atoms with Crippen molar-refractivity contribution in [3.63, 3.8) is 0 Å². The average Bonchev–Trinajstić information content (AvgIpc) is 3.41. The Morgan fingerprint density at radius 2 is 1.16 bits per heavy atom. The zero-order valence-corrected chi connectivity index (χ0v) is 23.1. The van der Waals surface area contributed by atoms with Crippen LogP contribution in [0, 0.1) is 13.8 Å². The summed E-state index contributed by atoms with van der Waals surface area (Å²) in [6.45, 7) is 3.43. The summed E-state index contributed by atoms with van der Waals surface area (Å²) in [5, 5.41) is 19.0. The summed E-state index contributed by atoms with van der Waals surface area (Å²) >= 11 is 0. The van der Waals surface area contributed by atoms with E-state index in [1.807, 2.05) is 12.1 Å². The van der Waals surface area contributed by atoms with Crippen molar-refractivity contribution in [2.24, 2.45) is 0 Å². The van der Waals surface area contributed by atoms with Gasteiger partial charge in [-0.05, 0) is 73.0 Å².